The summed E-state index contributed by atoms with van der Waals surface area (Å²) < 4.78 is 16.5. The average Bonchev–Trinajstić information content (AvgIpc) is 2.83. The van der Waals surface area contributed by atoms with Crippen LogP contribution in [0.15, 0.2) is 48.5 Å². The number of hydrogen-bond donors (Lipinski definition) is 1. The summed E-state index contributed by atoms with van der Waals surface area (Å²) >= 11 is 0. The standard InChI is InChI=1S/C26H34N2O5/c1-19(2)33-24-11-9-20(17-25(24)32-4)10-12-26(30)28-15-13-27(14-16-28)18-22(29)21-7-5-6-8-23(21)31-3/h5-12,17,19,22,29H,13-16,18H2,1-4H3/b12-10+. The van der Waals surface area contributed by atoms with Crippen molar-refractivity contribution in [1.29, 1.82) is 0 Å². The number of aliphatic hydroxyl groups is 1. The van der Waals surface area contributed by atoms with Crippen LogP contribution in [0, 0.1) is 0 Å². The molecule has 1 saturated heterocycles. The molecular weight excluding hydrogens is 420 g/mol. The summed E-state index contributed by atoms with van der Waals surface area (Å²) in [5.41, 5.74) is 1.65. The minimum Gasteiger partial charge on any atom is -0.496 e. The number of piperazine rings is 1. The number of methoxy groups -OCH3 is 2. The van der Waals surface area contributed by atoms with Crippen LogP contribution in [0.5, 0.6) is 17.2 Å². The summed E-state index contributed by atoms with van der Waals surface area (Å²) in [4.78, 5) is 16.7. The quantitative estimate of drug-likeness (QED) is 0.586. The summed E-state index contributed by atoms with van der Waals surface area (Å²) in [6, 6.07) is 13.1. The number of aliphatic hydroxyl groups excluding tert-OH is 1. The van der Waals surface area contributed by atoms with Crippen molar-refractivity contribution in [3.05, 3.63) is 59.7 Å². The maximum Gasteiger partial charge on any atom is 0.246 e. The Balaban J connectivity index is 1.52. The minimum absolute atomic E-state index is 0.0265. The second kappa shape index (κ2) is 11.7. The van der Waals surface area contributed by atoms with Gasteiger partial charge in [-0.15, -0.1) is 0 Å². The molecule has 33 heavy (non-hydrogen) atoms. The zero-order chi connectivity index (χ0) is 23.8. The van der Waals surface area contributed by atoms with Gasteiger partial charge in [-0.2, -0.15) is 0 Å². The molecule has 2 aromatic carbocycles. The van der Waals surface area contributed by atoms with Gasteiger partial charge in [0.1, 0.15) is 5.75 Å². The second-order valence-electron chi connectivity index (χ2n) is 8.29. The lowest BCUT2D eigenvalue weighted by Gasteiger charge is -2.35. The Kier molecular flexibility index (Phi) is 8.74. The summed E-state index contributed by atoms with van der Waals surface area (Å²) in [6.07, 6.45) is 2.80. The number of ether oxygens (including phenoxy) is 3. The lowest BCUT2D eigenvalue weighted by Crippen LogP contribution is -2.49. The summed E-state index contributed by atoms with van der Waals surface area (Å²) in [6.45, 7) is 7.08. The van der Waals surface area contributed by atoms with E-state index in [-0.39, 0.29) is 12.0 Å². The molecule has 1 N–H and O–H groups in total. The first kappa shape index (κ1) is 24.6. The molecule has 1 unspecified atom stereocenters. The number of rotatable bonds is 9. The SMILES string of the molecule is COc1cc(/C=C/C(=O)N2CCN(CC(O)c3ccccc3OC)CC2)ccc1OC(C)C. The van der Waals surface area contributed by atoms with Crippen molar-refractivity contribution in [2.75, 3.05) is 46.9 Å². The van der Waals surface area contributed by atoms with Crippen molar-refractivity contribution in [2.24, 2.45) is 0 Å². The normalized spacial score (nSPS) is 15.6. The van der Waals surface area contributed by atoms with Crippen molar-refractivity contribution in [2.45, 2.75) is 26.1 Å². The van der Waals surface area contributed by atoms with E-state index in [1.807, 2.05) is 61.2 Å². The highest BCUT2D eigenvalue weighted by molar-refractivity contribution is 5.92. The van der Waals surface area contributed by atoms with Crippen LogP contribution in [0.25, 0.3) is 6.08 Å². The Morgan fingerprint density at radius 2 is 1.70 bits per heavy atom. The predicted molar refractivity (Wildman–Crippen MR) is 129 cm³/mol. The second-order valence-corrected chi connectivity index (χ2v) is 8.29. The molecule has 0 aliphatic carbocycles. The van der Waals surface area contributed by atoms with Gasteiger partial charge in [-0.3, -0.25) is 9.69 Å². The Labute approximate surface area is 196 Å². The Morgan fingerprint density at radius 3 is 2.36 bits per heavy atom. The summed E-state index contributed by atoms with van der Waals surface area (Å²) in [7, 11) is 3.21. The van der Waals surface area contributed by atoms with Crippen LogP contribution in [0.1, 0.15) is 31.1 Å². The maximum absolute atomic E-state index is 12.7. The van der Waals surface area contributed by atoms with Gasteiger partial charge in [-0.05, 0) is 43.7 Å². The number of carbonyl (C=O) groups excluding carboxylic acids is 1. The molecule has 0 bridgehead atoms. The summed E-state index contributed by atoms with van der Waals surface area (Å²) in [5, 5.41) is 10.6. The van der Waals surface area contributed by atoms with E-state index >= 15 is 0 Å². The smallest absolute Gasteiger partial charge is 0.246 e. The molecule has 2 aromatic rings. The lowest BCUT2D eigenvalue weighted by molar-refractivity contribution is -0.127. The molecule has 0 spiro atoms. The Hall–Kier alpha value is -3.03. The molecule has 7 nitrogen and oxygen atoms in total. The van der Waals surface area contributed by atoms with Crippen molar-refractivity contribution >= 4 is 12.0 Å². The van der Waals surface area contributed by atoms with Gasteiger partial charge in [-0.25, -0.2) is 0 Å². The average molecular weight is 455 g/mol. The third-order valence-corrected chi connectivity index (χ3v) is 5.58. The first-order chi connectivity index (χ1) is 15.9. The van der Waals surface area contributed by atoms with E-state index in [2.05, 4.69) is 4.90 Å². The maximum atomic E-state index is 12.7. The molecular formula is C26H34N2O5. The van der Waals surface area contributed by atoms with Crippen LogP contribution in [0.2, 0.25) is 0 Å². The molecule has 1 atom stereocenters. The van der Waals surface area contributed by atoms with Gasteiger partial charge >= 0.3 is 0 Å². The van der Waals surface area contributed by atoms with Gasteiger partial charge in [0.2, 0.25) is 5.91 Å². The van der Waals surface area contributed by atoms with Crippen molar-refractivity contribution in [1.82, 2.24) is 9.80 Å². The zero-order valence-corrected chi connectivity index (χ0v) is 19.9. The molecule has 0 radical (unpaired) electrons. The molecule has 3 rings (SSSR count). The molecule has 0 saturated carbocycles. The number of amides is 1. The first-order valence-corrected chi connectivity index (χ1v) is 11.3. The highest BCUT2D eigenvalue weighted by Crippen LogP contribution is 2.29. The van der Waals surface area contributed by atoms with Crippen LogP contribution in [0.4, 0.5) is 0 Å². The highest BCUT2D eigenvalue weighted by Gasteiger charge is 2.23. The van der Waals surface area contributed by atoms with Gasteiger partial charge in [0.15, 0.2) is 11.5 Å². The topological polar surface area (TPSA) is 71.5 Å². The Morgan fingerprint density at radius 1 is 1.00 bits per heavy atom. The first-order valence-electron chi connectivity index (χ1n) is 11.3. The monoisotopic (exact) mass is 454 g/mol. The minimum atomic E-state index is -0.638. The van der Waals surface area contributed by atoms with Gasteiger partial charge in [0, 0.05) is 44.4 Å². The van der Waals surface area contributed by atoms with Gasteiger partial charge in [-0.1, -0.05) is 24.3 Å². The number of carbonyl (C=O) groups is 1. The molecule has 1 aliphatic rings. The van der Waals surface area contributed by atoms with Crippen LogP contribution in [-0.2, 0) is 4.79 Å². The van der Waals surface area contributed by atoms with Crippen LogP contribution < -0.4 is 14.2 Å². The fraction of sp³-hybridized carbons (Fsp3) is 0.423. The third kappa shape index (κ3) is 6.73. The van der Waals surface area contributed by atoms with E-state index < -0.39 is 6.10 Å². The lowest BCUT2D eigenvalue weighted by atomic mass is 10.1. The van der Waals surface area contributed by atoms with Gasteiger partial charge < -0.3 is 24.2 Å². The Bertz CT molecular complexity index is 951. The molecule has 1 amide bonds. The van der Waals surface area contributed by atoms with E-state index in [4.69, 9.17) is 14.2 Å². The van der Waals surface area contributed by atoms with Crippen molar-refractivity contribution < 1.29 is 24.1 Å². The zero-order valence-electron chi connectivity index (χ0n) is 19.9. The number of para-hydroxylation sites is 1. The van der Waals surface area contributed by atoms with Crippen LogP contribution in [0.3, 0.4) is 0 Å². The fourth-order valence-corrected chi connectivity index (χ4v) is 3.85. The van der Waals surface area contributed by atoms with E-state index in [0.29, 0.717) is 50.0 Å². The van der Waals surface area contributed by atoms with E-state index in [1.54, 1.807) is 26.4 Å². The molecule has 1 heterocycles. The van der Waals surface area contributed by atoms with E-state index in [1.165, 1.54) is 0 Å². The van der Waals surface area contributed by atoms with Crippen molar-refractivity contribution in [3.63, 3.8) is 0 Å². The van der Waals surface area contributed by atoms with Crippen molar-refractivity contribution in [3.8, 4) is 17.2 Å². The number of nitrogens with zero attached hydrogens (tertiary/aromatic N) is 2. The molecule has 1 aliphatic heterocycles. The molecule has 178 valence electrons. The number of benzene rings is 2. The predicted octanol–water partition coefficient (Wildman–Crippen LogP) is 3.38. The largest absolute Gasteiger partial charge is 0.496 e. The molecule has 7 heteroatoms. The molecule has 0 aromatic heterocycles. The third-order valence-electron chi connectivity index (χ3n) is 5.58. The van der Waals surface area contributed by atoms with Gasteiger partial charge in [0.05, 0.1) is 26.4 Å². The number of hydrogen-bond acceptors (Lipinski definition) is 6. The van der Waals surface area contributed by atoms with Gasteiger partial charge in [0.25, 0.3) is 0 Å². The van der Waals surface area contributed by atoms with Crippen LogP contribution in [-0.4, -0.2) is 73.9 Å². The summed E-state index contributed by atoms with van der Waals surface area (Å²) in [5.74, 6) is 1.98. The fourth-order valence-electron chi connectivity index (χ4n) is 3.85. The number of β-amino-alcohol motifs (C(OH)–C–C–N with tert-alkyl or cyclic N) is 1. The molecule has 1 fully saturated rings. The van der Waals surface area contributed by atoms with E-state index in [9.17, 15) is 9.90 Å². The van der Waals surface area contributed by atoms with Crippen LogP contribution >= 0.6 is 0 Å². The highest BCUT2D eigenvalue weighted by atomic mass is 16.5. The van der Waals surface area contributed by atoms with E-state index in [0.717, 1.165) is 11.1 Å².